The molecule has 6 heteroatoms. The summed E-state index contributed by atoms with van der Waals surface area (Å²) >= 11 is 0. The third kappa shape index (κ3) is 69.3. The van der Waals surface area contributed by atoms with Crippen LogP contribution < -0.4 is 5.32 Å². The van der Waals surface area contributed by atoms with E-state index in [1.54, 1.807) is 6.08 Å². The van der Waals surface area contributed by atoms with Crippen LogP contribution in [0.2, 0.25) is 0 Å². The Morgan fingerprint density at radius 1 is 0.325 bits per heavy atom. The van der Waals surface area contributed by atoms with E-state index in [2.05, 4.69) is 31.3 Å². The van der Waals surface area contributed by atoms with Gasteiger partial charge in [0.1, 0.15) is 0 Å². The monoisotopic (exact) mass is 1170 g/mol. The fourth-order valence-corrected chi connectivity index (χ4v) is 12.2. The summed E-state index contributed by atoms with van der Waals surface area (Å²) < 4.78 is 5.50. The molecule has 0 rings (SSSR count). The van der Waals surface area contributed by atoms with Gasteiger partial charge in [-0.15, -0.1) is 0 Å². The second-order valence-electron chi connectivity index (χ2n) is 26.3. The van der Waals surface area contributed by atoms with E-state index in [0.717, 1.165) is 38.5 Å². The highest BCUT2D eigenvalue weighted by atomic mass is 16.5. The zero-order valence-corrected chi connectivity index (χ0v) is 56.5. The first-order chi connectivity index (χ1) is 41.0. The topological polar surface area (TPSA) is 95.9 Å². The van der Waals surface area contributed by atoms with Crippen molar-refractivity contribution < 1.29 is 24.5 Å². The second kappa shape index (κ2) is 72.8. The molecule has 83 heavy (non-hydrogen) atoms. The van der Waals surface area contributed by atoms with Crippen LogP contribution in [0.3, 0.4) is 0 Å². The van der Waals surface area contributed by atoms with Crippen LogP contribution in [0.5, 0.6) is 0 Å². The number of ether oxygens (including phenoxy) is 1. The fraction of sp³-hybridized carbons (Fsp3) is 0.922. The molecule has 0 spiro atoms. The van der Waals surface area contributed by atoms with Crippen molar-refractivity contribution in [1.82, 2.24) is 5.32 Å². The first-order valence-corrected chi connectivity index (χ1v) is 38.1. The van der Waals surface area contributed by atoms with Crippen LogP contribution in [-0.2, 0) is 14.3 Å². The minimum Gasteiger partial charge on any atom is -0.466 e. The molecule has 2 unspecified atom stereocenters. The lowest BCUT2D eigenvalue weighted by Gasteiger charge is -2.20. The number of rotatable bonds is 72. The normalized spacial score (nSPS) is 12.6. The Morgan fingerprint density at radius 3 is 0.855 bits per heavy atom. The third-order valence-corrected chi connectivity index (χ3v) is 18.0. The predicted molar refractivity (Wildman–Crippen MR) is 366 cm³/mol. The van der Waals surface area contributed by atoms with Crippen LogP contribution in [0, 0.1) is 0 Å². The SMILES string of the molecule is CCCCCCCCCCCCCCCCCCCCCCC/C=C/C(O)C(CO)NC(=O)CCCCCCCCCCCCCCC/C=C\CCCCCCCCCCCCCCOC(=O)CCCCCCCCCCCCCCCC. The van der Waals surface area contributed by atoms with Gasteiger partial charge in [0.05, 0.1) is 25.4 Å². The number of hydrogen-bond acceptors (Lipinski definition) is 5. The van der Waals surface area contributed by atoms with Gasteiger partial charge in [-0.2, -0.15) is 0 Å². The number of nitrogens with one attached hydrogen (secondary N) is 1. The smallest absolute Gasteiger partial charge is 0.305 e. The molecule has 6 nitrogen and oxygen atoms in total. The van der Waals surface area contributed by atoms with Crippen LogP contribution >= 0.6 is 0 Å². The predicted octanol–water partition coefficient (Wildman–Crippen LogP) is 24.9. The molecular weight excluding hydrogens is 1020 g/mol. The van der Waals surface area contributed by atoms with Gasteiger partial charge in [0.25, 0.3) is 0 Å². The molecule has 0 aliphatic heterocycles. The van der Waals surface area contributed by atoms with Gasteiger partial charge >= 0.3 is 5.97 Å². The average Bonchev–Trinajstić information content (AvgIpc) is 3.48. The van der Waals surface area contributed by atoms with Gasteiger partial charge in [0.15, 0.2) is 0 Å². The Kier molecular flexibility index (Phi) is 71.4. The van der Waals surface area contributed by atoms with E-state index in [4.69, 9.17) is 4.74 Å². The van der Waals surface area contributed by atoms with Gasteiger partial charge < -0.3 is 20.3 Å². The number of esters is 1. The van der Waals surface area contributed by atoms with Crippen LogP contribution in [-0.4, -0.2) is 47.4 Å². The maximum absolute atomic E-state index is 12.5. The average molecular weight is 1170 g/mol. The maximum Gasteiger partial charge on any atom is 0.305 e. The third-order valence-electron chi connectivity index (χ3n) is 18.0. The van der Waals surface area contributed by atoms with Crippen LogP contribution in [0.15, 0.2) is 24.3 Å². The lowest BCUT2D eigenvalue weighted by Crippen LogP contribution is -2.45. The molecule has 492 valence electrons. The number of carbonyl (C=O) groups is 2. The molecule has 2 atom stereocenters. The lowest BCUT2D eigenvalue weighted by molar-refractivity contribution is -0.143. The first-order valence-electron chi connectivity index (χ1n) is 38.1. The zero-order chi connectivity index (χ0) is 59.9. The summed E-state index contributed by atoms with van der Waals surface area (Å²) in [6.07, 6.45) is 92.8. The van der Waals surface area contributed by atoms with E-state index in [9.17, 15) is 19.8 Å². The van der Waals surface area contributed by atoms with Crippen molar-refractivity contribution >= 4 is 11.9 Å². The Morgan fingerprint density at radius 2 is 0.566 bits per heavy atom. The molecule has 0 aliphatic rings. The number of amides is 1. The largest absolute Gasteiger partial charge is 0.466 e. The van der Waals surface area contributed by atoms with Crippen molar-refractivity contribution in [3.63, 3.8) is 0 Å². The molecule has 0 aromatic heterocycles. The summed E-state index contributed by atoms with van der Waals surface area (Å²) in [4.78, 5) is 24.6. The quantitative estimate of drug-likeness (QED) is 0.0320. The highest BCUT2D eigenvalue weighted by Crippen LogP contribution is 2.19. The number of carbonyl (C=O) groups excluding carboxylic acids is 2. The Hall–Kier alpha value is -1.66. The van der Waals surface area contributed by atoms with E-state index in [1.165, 1.54) is 366 Å². The molecule has 0 aliphatic carbocycles. The van der Waals surface area contributed by atoms with Gasteiger partial charge in [-0.1, -0.05) is 385 Å². The molecule has 0 saturated carbocycles. The molecule has 0 aromatic carbocycles. The van der Waals surface area contributed by atoms with E-state index >= 15 is 0 Å². The molecule has 1 amide bonds. The van der Waals surface area contributed by atoms with Gasteiger partial charge in [0, 0.05) is 12.8 Å². The zero-order valence-electron chi connectivity index (χ0n) is 56.5. The van der Waals surface area contributed by atoms with E-state index < -0.39 is 12.1 Å². The van der Waals surface area contributed by atoms with Crippen molar-refractivity contribution in [1.29, 1.82) is 0 Å². The summed E-state index contributed by atoms with van der Waals surface area (Å²) in [7, 11) is 0. The van der Waals surface area contributed by atoms with Crippen molar-refractivity contribution in [2.45, 2.75) is 443 Å². The van der Waals surface area contributed by atoms with Crippen LogP contribution in [0.4, 0.5) is 0 Å². The number of aliphatic hydroxyl groups is 2. The highest BCUT2D eigenvalue weighted by Gasteiger charge is 2.18. The van der Waals surface area contributed by atoms with E-state index in [1.807, 2.05) is 6.08 Å². The lowest BCUT2D eigenvalue weighted by atomic mass is 10.0. The Bertz CT molecular complexity index is 1300. The number of hydrogen-bond donors (Lipinski definition) is 3. The van der Waals surface area contributed by atoms with E-state index in [0.29, 0.717) is 19.4 Å². The Balaban J connectivity index is 3.39. The van der Waals surface area contributed by atoms with Crippen LogP contribution in [0.1, 0.15) is 431 Å². The minimum absolute atomic E-state index is 0.0194. The van der Waals surface area contributed by atoms with E-state index in [-0.39, 0.29) is 18.5 Å². The van der Waals surface area contributed by atoms with Gasteiger partial charge in [-0.3, -0.25) is 9.59 Å². The molecule has 0 aromatic rings. The molecule has 0 bridgehead atoms. The number of allylic oxidation sites excluding steroid dienone is 3. The molecule has 3 N–H and O–H groups in total. The van der Waals surface area contributed by atoms with Crippen molar-refractivity contribution in [3.8, 4) is 0 Å². The standard InChI is InChI=1S/C77H149NO5/c1-3-5-7-9-11-13-15-17-19-20-21-22-30-33-36-39-42-45-49-53-57-61-65-69-75(80)74(73-79)78-76(81)70-66-62-58-54-50-46-43-40-37-34-31-28-26-24-23-25-27-29-32-35-38-41-44-48-52-56-60-64-68-72-83-77(82)71-67-63-59-55-51-47-18-16-14-12-10-8-6-4-2/h23,25,65,69,74-75,79-80H,3-22,24,26-64,66-68,70-73H2,1-2H3,(H,78,81)/b25-23-,69-65+. The summed E-state index contributed by atoms with van der Waals surface area (Å²) in [6.45, 7) is 4.95. The molecule has 0 heterocycles. The molecule has 0 fully saturated rings. The Labute approximate surface area is 520 Å². The summed E-state index contributed by atoms with van der Waals surface area (Å²) in [6, 6.07) is -0.628. The number of unbranched alkanes of at least 4 members (excludes halogenated alkanes) is 59. The van der Waals surface area contributed by atoms with Crippen molar-refractivity contribution in [3.05, 3.63) is 24.3 Å². The van der Waals surface area contributed by atoms with Crippen molar-refractivity contribution in [2.75, 3.05) is 13.2 Å². The first kappa shape index (κ1) is 81.3. The van der Waals surface area contributed by atoms with Gasteiger partial charge in [-0.25, -0.2) is 0 Å². The van der Waals surface area contributed by atoms with Crippen LogP contribution in [0.25, 0.3) is 0 Å². The van der Waals surface area contributed by atoms with Gasteiger partial charge in [-0.05, 0) is 57.8 Å². The molecule has 0 radical (unpaired) electrons. The summed E-state index contributed by atoms with van der Waals surface area (Å²) in [5.41, 5.74) is 0. The second-order valence-corrected chi connectivity index (χ2v) is 26.3. The highest BCUT2D eigenvalue weighted by molar-refractivity contribution is 5.76. The minimum atomic E-state index is -0.845. The maximum atomic E-state index is 12.5. The number of aliphatic hydroxyl groups excluding tert-OH is 2. The summed E-state index contributed by atoms with van der Waals surface area (Å²) in [5.74, 6) is -0.0429. The van der Waals surface area contributed by atoms with Crippen molar-refractivity contribution in [2.24, 2.45) is 0 Å². The van der Waals surface area contributed by atoms with Gasteiger partial charge in [0.2, 0.25) is 5.91 Å². The fourth-order valence-electron chi connectivity index (χ4n) is 12.2. The molecular formula is C77H149NO5. The summed E-state index contributed by atoms with van der Waals surface area (Å²) in [5, 5.41) is 23.3. The molecule has 0 saturated heterocycles.